The summed E-state index contributed by atoms with van der Waals surface area (Å²) in [5.74, 6) is 1.55. The second kappa shape index (κ2) is 3.54. The van der Waals surface area contributed by atoms with Gasteiger partial charge in [-0.3, -0.25) is 0 Å². The Morgan fingerprint density at radius 3 is 2.43 bits per heavy atom. The molecule has 0 amide bonds. The first-order valence-corrected chi connectivity index (χ1v) is 4.51. The zero-order chi connectivity index (χ0) is 9.97. The summed E-state index contributed by atoms with van der Waals surface area (Å²) >= 11 is 0. The summed E-state index contributed by atoms with van der Waals surface area (Å²) in [4.78, 5) is 0. The van der Waals surface area contributed by atoms with Crippen LogP contribution in [0.25, 0.3) is 0 Å². The molecule has 0 saturated carbocycles. The first-order valence-electron chi connectivity index (χ1n) is 4.51. The lowest BCUT2D eigenvalue weighted by Crippen LogP contribution is -1.89. The number of hydrogen-bond acceptors (Lipinski definition) is 3. The number of nitrogens with zero attached hydrogens (tertiary/aromatic N) is 1. The molecule has 72 valence electrons. The molecular weight excluding hydrogens is 176 g/mol. The summed E-state index contributed by atoms with van der Waals surface area (Å²) in [5, 5.41) is 6.99. The highest BCUT2D eigenvalue weighted by molar-refractivity contribution is 5.55. The van der Waals surface area contributed by atoms with Crippen LogP contribution in [0.4, 0.5) is 11.5 Å². The molecule has 0 unspecified atom stereocenters. The van der Waals surface area contributed by atoms with E-state index in [1.54, 1.807) is 0 Å². The zero-order valence-corrected chi connectivity index (χ0v) is 8.24. The van der Waals surface area contributed by atoms with E-state index in [1.165, 1.54) is 5.56 Å². The van der Waals surface area contributed by atoms with Gasteiger partial charge in [-0.15, -0.1) is 0 Å². The lowest BCUT2D eigenvalue weighted by Gasteiger charge is -2.01. The highest BCUT2D eigenvalue weighted by Gasteiger charge is 1.99. The SMILES string of the molecule is Cc1ccc(Nc2cc(C)on2)cc1. The highest BCUT2D eigenvalue weighted by Crippen LogP contribution is 2.16. The van der Waals surface area contributed by atoms with Gasteiger partial charge in [0.15, 0.2) is 5.82 Å². The Balaban J connectivity index is 2.15. The Bertz CT molecular complexity index is 417. The lowest BCUT2D eigenvalue weighted by atomic mass is 10.2. The monoisotopic (exact) mass is 188 g/mol. The van der Waals surface area contributed by atoms with Gasteiger partial charge in [0.2, 0.25) is 0 Å². The fourth-order valence-electron chi connectivity index (χ4n) is 1.21. The number of hydrogen-bond donors (Lipinski definition) is 1. The summed E-state index contributed by atoms with van der Waals surface area (Å²) in [6, 6.07) is 9.99. The van der Waals surface area contributed by atoms with Gasteiger partial charge in [-0.2, -0.15) is 0 Å². The summed E-state index contributed by atoms with van der Waals surface area (Å²) in [6.07, 6.45) is 0. The summed E-state index contributed by atoms with van der Waals surface area (Å²) in [7, 11) is 0. The predicted molar refractivity (Wildman–Crippen MR) is 55.7 cm³/mol. The molecule has 3 heteroatoms. The number of anilines is 2. The Morgan fingerprint density at radius 2 is 1.86 bits per heavy atom. The van der Waals surface area contributed by atoms with Gasteiger partial charge in [-0.25, -0.2) is 0 Å². The Morgan fingerprint density at radius 1 is 1.14 bits per heavy atom. The van der Waals surface area contributed by atoms with E-state index in [2.05, 4.69) is 29.5 Å². The second-order valence-corrected chi connectivity index (χ2v) is 3.31. The van der Waals surface area contributed by atoms with Gasteiger partial charge in [-0.1, -0.05) is 22.9 Å². The molecule has 1 aromatic heterocycles. The van der Waals surface area contributed by atoms with E-state index < -0.39 is 0 Å². The van der Waals surface area contributed by atoms with E-state index in [-0.39, 0.29) is 0 Å². The van der Waals surface area contributed by atoms with Crippen LogP contribution in [0, 0.1) is 13.8 Å². The first kappa shape index (κ1) is 8.81. The molecule has 0 radical (unpaired) electrons. The van der Waals surface area contributed by atoms with Crippen LogP contribution >= 0.6 is 0 Å². The number of aromatic nitrogens is 1. The minimum atomic E-state index is 0.742. The van der Waals surface area contributed by atoms with Crippen molar-refractivity contribution in [2.24, 2.45) is 0 Å². The van der Waals surface area contributed by atoms with Crippen molar-refractivity contribution >= 4 is 11.5 Å². The molecule has 1 heterocycles. The molecular formula is C11H12N2O. The molecule has 0 aliphatic rings. The van der Waals surface area contributed by atoms with Gasteiger partial charge in [0.25, 0.3) is 0 Å². The molecule has 2 rings (SSSR count). The van der Waals surface area contributed by atoms with Crippen LogP contribution in [0.15, 0.2) is 34.9 Å². The van der Waals surface area contributed by atoms with Crippen LogP contribution in [-0.4, -0.2) is 5.16 Å². The number of rotatable bonds is 2. The highest BCUT2D eigenvalue weighted by atomic mass is 16.5. The Kier molecular flexibility index (Phi) is 2.23. The quantitative estimate of drug-likeness (QED) is 0.787. The predicted octanol–water partition coefficient (Wildman–Crippen LogP) is 3.04. The third kappa shape index (κ3) is 1.93. The maximum Gasteiger partial charge on any atom is 0.174 e. The maximum atomic E-state index is 4.95. The fourth-order valence-corrected chi connectivity index (χ4v) is 1.21. The van der Waals surface area contributed by atoms with Crippen molar-refractivity contribution in [3.8, 4) is 0 Å². The molecule has 1 N–H and O–H groups in total. The Labute approximate surface area is 82.7 Å². The fraction of sp³-hybridized carbons (Fsp3) is 0.182. The van der Waals surface area contributed by atoms with Crippen molar-refractivity contribution in [3.05, 3.63) is 41.7 Å². The van der Waals surface area contributed by atoms with Crippen molar-refractivity contribution in [2.45, 2.75) is 13.8 Å². The standard InChI is InChI=1S/C11H12N2O/c1-8-3-5-10(6-4-8)12-11-7-9(2)14-13-11/h3-7H,1-2H3,(H,12,13). The van der Waals surface area contributed by atoms with Gasteiger partial charge < -0.3 is 9.84 Å². The molecule has 0 saturated heterocycles. The van der Waals surface area contributed by atoms with E-state index >= 15 is 0 Å². The van der Waals surface area contributed by atoms with E-state index in [0.717, 1.165) is 17.3 Å². The van der Waals surface area contributed by atoms with E-state index in [1.807, 2.05) is 25.1 Å². The van der Waals surface area contributed by atoms with Gasteiger partial charge in [-0.05, 0) is 26.0 Å². The summed E-state index contributed by atoms with van der Waals surface area (Å²) < 4.78 is 4.95. The van der Waals surface area contributed by atoms with Gasteiger partial charge in [0.1, 0.15) is 5.76 Å². The topological polar surface area (TPSA) is 38.1 Å². The average molecular weight is 188 g/mol. The van der Waals surface area contributed by atoms with Crippen LogP contribution in [0.3, 0.4) is 0 Å². The van der Waals surface area contributed by atoms with Gasteiger partial charge >= 0.3 is 0 Å². The minimum Gasteiger partial charge on any atom is -0.360 e. The van der Waals surface area contributed by atoms with Crippen molar-refractivity contribution in [1.82, 2.24) is 5.16 Å². The maximum absolute atomic E-state index is 4.95. The minimum absolute atomic E-state index is 0.742. The Hall–Kier alpha value is -1.77. The van der Waals surface area contributed by atoms with E-state index in [9.17, 15) is 0 Å². The number of nitrogens with one attached hydrogen (secondary N) is 1. The molecule has 3 nitrogen and oxygen atoms in total. The first-order chi connectivity index (χ1) is 6.74. The number of benzene rings is 1. The van der Waals surface area contributed by atoms with Gasteiger partial charge in [0.05, 0.1) is 0 Å². The molecule has 0 aliphatic carbocycles. The van der Waals surface area contributed by atoms with Crippen molar-refractivity contribution in [2.75, 3.05) is 5.32 Å². The van der Waals surface area contributed by atoms with Crippen LogP contribution in [0.5, 0.6) is 0 Å². The molecule has 14 heavy (non-hydrogen) atoms. The molecule has 0 fully saturated rings. The molecule has 0 atom stereocenters. The summed E-state index contributed by atoms with van der Waals surface area (Å²) in [6.45, 7) is 3.93. The lowest BCUT2D eigenvalue weighted by molar-refractivity contribution is 0.400. The average Bonchev–Trinajstić information content (AvgIpc) is 2.56. The van der Waals surface area contributed by atoms with Crippen molar-refractivity contribution < 1.29 is 4.52 Å². The van der Waals surface area contributed by atoms with Crippen molar-refractivity contribution in [3.63, 3.8) is 0 Å². The second-order valence-electron chi connectivity index (χ2n) is 3.31. The molecule has 2 aromatic rings. The van der Waals surface area contributed by atoms with Gasteiger partial charge in [0, 0.05) is 11.8 Å². The molecule has 0 aliphatic heterocycles. The molecule has 0 bridgehead atoms. The molecule has 1 aromatic carbocycles. The third-order valence-electron chi connectivity index (χ3n) is 1.95. The van der Waals surface area contributed by atoms with E-state index in [4.69, 9.17) is 4.52 Å². The smallest absolute Gasteiger partial charge is 0.174 e. The van der Waals surface area contributed by atoms with Crippen LogP contribution < -0.4 is 5.32 Å². The third-order valence-corrected chi connectivity index (χ3v) is 1.95. The van der Waals surface area contributed by atoms with Crippen LogP contribution in [-0.2, 0) is 0 Å². The summed E-state index contributed by atoms with van der Waals surface area (Å²) in [5.41, 5.74) is 2.26. The van der Waals surface area contributed by atoms with Crippen molar-refractivity contribution in [1.29, 1.82) is 0 Å². The largest absolute Gasteiger partial charge is 0.360 e. The van der Waals surface area contributed by atoms with E-state index in [0.29, 0.717) is 0 Å². The van der Waals surface area contributed by atoms with Crippen LogP contribution in [0.1, 0.15) is 11.3 Å². The zero-order valence-electron chi connectivity index (χ0n) is 8.24. The normalized spacial score (nSPS) is 10.1. The molecule has 0 spiro atoms. The number of aryl methyl sites for hydroxylation is 2. The van der Waals surface area contributed by atoms with Crippen LogP contribution in [0.2, 0.25) is 0 Å².